The molecule has 1 aliphatic heterocycles. The molecule has 1 aromatic heterocycles. The van der Waals surface area contributed by atoms with Crippen LogP contribution in [0.2, 0.25) is 0 Å². The highest BCUT2D eigenvalue weighted by Gasteiger charge is 2.35. The van der Waals surface area contributed by atoms with Crippen molar-refractivity contribution in [3.63, 3.8) is 0 Å². The van der Waals surface area contributed by atoms with Gasteiger partial charge in [0.1, 0.15) is 0 Å². The van der Waals surface area contributed by atoms with Gasteiger partial charge in [-0.3, -0.25) is 14.4 Å². The Balaban J connectivity index is 1.46. The molecule has 0 unspecified atom stereocenters. The molecule has 3 rings (SSSR count). The van der Waals surface area contributed by atoms with Crippen molar-refractivity contribution in [2.24, 2.45) is 11.8 Å². The smallest absolute Gasteiger partial charge is 0.289 e. The van der Waals surface area contributed by atoms with E-state index in [1.165, 1.54) is 6.26 Å². The van der Waals surface area contributed by atoms with Crippen molar-refractivity contribution in [1.29, 1.82) is 0 Å². The molecular weight excluding hydrogens is 358 g/mol. The van der Waals surface area contributed by atoms with Crippen molar-refractivity contribution in [3.8, 4) is 0 Å². The summed E-state index contributed by atoms with van der Waals surface area (Å²) in [6.07, 6.45) is 4.64. The van der Waals surface area contributed by atoms with Crippen LogP contribution < -0.4 is 0 Å². The summed E-state index contributed by atoms with van der Waals surface area (Å²) >= 11 is 0. The van der Waals surface area contributed by atoms with Crippen molar-refractivity contribution in [1.82, 2.24) is 14.7 Å². The quantitative estimate of drug-likeness (QED) is 0.774. The van der Waals surface area contributed by atoms with E-state index in [0.29, 0.717) is 31.9 Å². The average molecular weight is 389 g/mol. The Kier molecular flexibility index (Phi) is 6.75. The van der Waals surface area contributed by atoms with Crippen LogP contribution in [-0.4, -0.2) is 71.7 Å². The summed E-state index contributed by atoms with van der Waals surface area (Å²) in [5, 5.41) is 0. The molecule has 0 spiro atoms. The number of carbonyl (C=O) groups is 3. The molecule has 1 aromatic rings. The maximum Gasteiger partial charge on any atom is 0.289 e. The number of amides is 3. The van der Waals surface area contributed by atoms with Crippen LogP contribution >= 0.6 is 0 Å². The van der Waals surface area contributed by atoms with Gasteiger partial charge in [0.2, 0.25) is 11.8 Å². The van der Waals surface area contributed by atoms with E-state index < -0.39 is 0 Å². The van der Waals surface area contributed by atoms with Crippen LogP contribution in [0.5, 0.6) is 0 Å². The number of furan rings is 1. The Morgan fingerprint density at radius 3 is 2.07 bits per heavy atom. The van der Waals surface area contributed by atoms with Gasteiger partial charge < -0.3 is 19.1 Å². The summed E-state index contributed by atoms with van der Waals surface area (Å²) in [6.45, 7) is 7.68. The average Bonchev–Trinajstić information content (AvgIpc) is 3.28. The fraction of sp³-hybridized carbons (Fsp3) is 0.667. The number of carbonyl (C=O) groups excluding carboxylic acids is 3. The van der Waals surface area contributed by atoms with Crippen LogP contribution in [0.4, 0.5) is 0 Å². The second-order valence-electron chi connectivity index (χ2n) is 7.65. The second kappa shape index (κ2) is 9.26. The normalized spacial score (nSPS) is 22.8. The summed E-state index contributed by atoms with van der Waals surface area (Å²) in [7, 11) is 0. The molecule has 2 heterocycles. The molecule has 154 valence electrons. The predicted octanol–water partition coefficient (Wildman–Crippen LogP) is 2.24. The SMILES string of the molecule is CCN(CC)C(=O)C1CCC(C(=O)N2CCN(C(=O)c3ccco3)CC2)CC1. The van der Waals surface area contributed by atoms with E-state index >= 15 is 0 Å². The molecule has 7 nitrogen and oxygen atoms in total. The lowest BCUT2D eigenvalue weighted by Gasteiger charge is -2.38. The molecule has 1 saturated carbocycles. The molecule has 3 amide bonds. The lowest BCUT2D eigenvalue weighted by molar-refractivity contribution is -0.142. The standard InChI is InChI=1S/C21H31N3O4/c1-3-22(4-2)19(25)16-7-9-17(10-8-16)20(26)23-11-13-24(14-12-23)21(27)18-6-5-15-28-18/h5-6,15-17H,3-4,7-14H2,1-2H3. The van der Waals surface area contributed by atoms with Gasteiger partial charge in [-0.2, -0.15) is 0 Å². The van der Waals surface area contributed by atoms with E-state index in [9.17, 15) is 14.4 Å². The van der Waals surface area contributed by atoms with E-state index in [-0.39, 0.29) is 29.6 Å². The molecule has 0 bridgehead atoms. The van der Waals surface area contributed by atoms with Crippen molar-refractivity contribution in [2.45, 2.75) is 39.5 Å². The van der Waals surface area contributed by atoms with Crippen LogP contribution in [0.3, 0.4) is 0 Å². The van der Waals surface area contributed by atoms with E-state index in [1.54, 1.807) is 17.0 Å². The van der Waals surface area contributed by atoms with Crippen molar-refractivity contribution < 1.29 is 18.8 Å². The Hall–Kier alpha value is -2.31. The Bertz CT molecular complexity index is 668. The van der Waals surface area contributed by atoms with Gasteiger partial charge in [-0.15, -0.1) is 0 Å². The molecule has 0 aromatic carbocycles. The molecule has 28 heavy (non-hydrogen) atoms. The van der Waals surface area contributed by atoms with Crippen LogP contribution in [0, 0.1) is 11.8 Å². The third-order valence-corrected chi connectivity index (χ3v) is 6.11. The largest absolute Gasteiger partial charge is 0.459 e. The fourth-order valence-electron chi connectivity index (χ4n) is 4.33. The molecule has 2 fully saturated rings. The van der Waals surface area contributed by atoms with Crippen LogP contribution in [0.1, 0.15) is 50.1 Å². The highest BCUT2D eigenvalue weighted by molar-refractivity contribution is 5.91. The first-order valence-electron chi connectivity index (χ1n) is 10.5. The van der Waals surface area contributed by atoms with Crippen LogP contribution in [0.15, 0.2) is 22.8 Å². The maximum atomic E-state index is 12.9. The zero-order valence-electron chi connectivity index (χ0n) is 16.9. The Labute approximate surface area is 166 Å². The van der Waals surface area contributed by atoms with E-state index in [2.05, 4.69) is 0 Å². The van der Waals surface area contributed by atoms with Gasteiger partial charge in [0.05, 0.1) is 6.26 Å². The number of nitrogens with zero attached hydrogens (tertiary/aromatic N) is 3. The minimum Gasteiger partial charge on any atom is -0.459 e. The van der Waals surface area contributed by atoms with E-state index in [4.69, 9.17) is 4.42 Å². The third-order valence-electron chi connectivity index (χ3n) is 6.11. The van der Waals surface area contributed by atoms with Crippen LogP contribution in [-0.2, 0) is 9.59 Å². The van der Waals surface area contributed by atoms with Gasteiger partial charge in [-0.25, -0.2) is 0 Å². The number of rotatable bonds is 5. The summed E-state index contributed by atoms with van der Waals surface area (Å²) in [5.74, 6) is 0.711. The van der Waals surface area contributed by atoms with Gasteiger partial charge in [0, 0.05) is 51.1 Å². The molecule has 7 heteroatoms. The minimum absolute atomic E-state index is 0.00748. The number of hydrogen-bond donors (Lipinski definition) is 0. The first-order chi connectivity index (χ1) is 13.5. The monoisotopic (exact) mass is 389 g/mol. The molecule has 0 radical (unpaired) electrons. The van der Waals surface area contributed by atoms with Crippen molar-refractivity contribution in [2.75, 3.05) is 39.3 Å². The molecular formula is C21H31N3O4. The Morgan fingerprint density at radius 1 is 0.964 bits per heavy atom. The predicted molar refractivity (Wildman–Crippen MR) is 105 cm³/mol. The van der Waals surface area contributed by atoms with Crippen molar-refractivity contribution in [3.05, 3.63) is 24.2 Å². The lowest BCUT2D eigenvalue weighted by Crippen LogP contribution is -2.52. The maximum absolute atomic E-state index is 12.9. The third kappa shape index (κ3) is 4.39. The van der Waals surface area contributed by atoms with Gasteiger partial charge in [-0.05, 0) is 51.7 Å². The van der Waals surface area contributed by atoms with Gasteiger partial charge in [0.15, 0.2) is 5.76 Å². The number of hydrogen-bond acceptors (Lipinski definition) is 4. The highest BCUT2D eigenvalue weighted by Crippen LogP contribution is 2.31. The molecule has 0 N–H and O–H groups in total. The second-order valence-corrected chi connectivity index (χ2v) is 7.65. The Morgan fingerprint density at radius 2 is 1.54 bits per heavy atom. The van der Waals surface area contributed by atoms with Crippen LogP contribution in [0.25, 0.3) is 0 Å². The van der Waals surface area contributed by atoms with Crippen molar-refractivity contribution >= 4 is 17.7 Å². The summed E-state index contributed by atoms with van der Waals surface area (Å²) in [6, 6.07) is 3.37. The van der Waals surface area contributed by atoms with Gasteiger partial charge in [0.25, 0.3) is 5.91 Å². The number of piperazine rings is 1. The molecule has 1 aliphatic carbocycles. The summed E-state index contributed by atoms with van der Waals surface area (Å²) in [4.78, 5) is 43.3. The highest BCUT2D eigenvalue weighted by atomic mass is 16.3. The summed E-state index contributed by atoms with van der Waals surface area (Å²) in [5.41, 5.74) is 0. The molecule has 2 aliphatic rings. The summed E-state index contributed by atoms with van der Waals surface area (Å²) < 4.78 is 5.18. The van der Waals surface area contributed by atoms with Gasteiger partial charge in [-0.1, -0.05) is 0 Å². The lowest BCUT2D eigenvalue weighted by atomic mass is 9.80. The minimum atomic E-state index is -0.118. The molecule has 1 saturated heterocycles. The van der Waals surface area contributed by atoms with Gasteiger partial charge >= 0.3 is 0 Å². The molecule has 0 atom stereocenters. The van der Waals surface area contributed by atoms with E-state index in [0.717, 1.165) is 38.8 Å². The zero-order valence-corrected chi connectivity index (χ0v) is 16.9. The topological polar surface area (TPSA) is 74.1 Å². The first-order valence-corrected chi connectivity index (χ1v) is 10.5. The fourth-order valence-corrected chi connectivity index (χ4v) is 4.33. The van der Waals surface area contributed by atoms with E-state index in [1.807, 2.05) is 23.6 Å². The zero-order chi connectivity index (χ0) is 20.1. The first kappa shape index (κ1) is 20.4.